The highest BCUT2D eigenvalue weighted by Crippen LogP contribution is 2.28. The maximum Gasteiger partial charge on any atom is 0.246 e. The van der Waals surface area contributed by atoms with Gasteiger partial charge in [0.1, 0.15) is 10.7 Å². The number of hydrogen-bond donors (Lipinski definition) is 1. The molecule has 1 saturated heterocycles. The van der Waals surface area contributed by atoms with Gasteiger partial charge >= 0.3 is 0 Å². The van der Waals surface area contributed by atoms with Crippen LogP contribution >= 0.6 is 31.9 Å². The predicted octanol–water partition coefficient (Wildman–Crippen LogP) is 5.41. The van der Waals surface area contributed by atoms with E-state index in [0.717, 1.165) is 26.1 Å². The average Bonchev–Trinajstić information content (AvgIpc) is 2.87. The van der Waals surface area contributed by atoms with E-state index in [-0.39, 0.29) is 37.9 Å². The Kier molecular flexibility index (Phi) is 8.95. The Hall–Kier alpha value is -2.11. The Morgan fingerprint density at radius 1 is 0.944 bits per heavy atom. The molecule has 0 atom stereocenters. The first-order valence-corrected chi connectivity index (χ1v) is 14.4. The number of morpholine rings is 1. The maximum absolute atomic E-state index is 14.6. The molecular weight excluding hydrogens is 615 g/mol. The summed E-state index contributed by atoms with van der Waals surface area (Å²) < 4.78 is 48.9. The van der Waals surface area contributed by atoms with Crippen LogP contribution in [0.3, 0.4) is 0 Å². The van der Waals surface area contributed by atoms with Crippen molar-refractivity contribution in [2.75, 3.05) is 31.6 Å². The summed E-state index contributed by atoms with van der Waals surface area (Å²) in [5.41, 5.74) is 2.16. The Labute approximate surface area is 227 Å². The zero-order valence-electron chi connectivity index (χ0n) is 19.3. The fraction of sp³-hybridized carbons (Fsp3) is 0.269. The minimum Gasteiger partial charge on any atom is -0.379 e. The molecule has 3 aromatic rings. The molecule has 6 nitrogen and oxygen atoms in total. The molecule has 1 aliphatic rings. The number of benzene rings is 3. The number of carbonyl (C=O) groups excluding carboxylic acids is 1. The first-order chi connectivity index (χ1) is 17.3. The molecule has 4 rings (SSSR count). The van der Waals surface area contributed by atoms with Crippen LogP contribution in [0.1, 0.15) is 11.1 Å². The van der Waals surface area contributed by atoms with Gasteiger partial charge in [-0.15, -0.1) is 0 Å². The summed E-state index contributed by atoms with van der Waals surface area (Å²) in [6.45, 7) is 0.808. The third-order valence-corrected chi connectivity index (χ3v) is 9.47. The standard InChI is InChI=1S/C26H25Br2FN2O4S/c27-22-7-3-1-5-18(22)15-20(16-19-6-2-4-8-23(19)28)26(32)30-21-9-10-24(29)25(17-21)36(33,34)31-11-13-35-14-12-31/h1-10,17,20H,11-16H2,(H,30,32). The van der Waals surface area contributed by atoms with E-state index in [1.165, 1.54) is 16.4 Å². The summed E-state index contributed by atoms with van der Waals surface area (Å²) >= 11 is 7.11. The predicted molar refractivity (Wildman–Crippen MR) is 144 cm³/mol. The zero-order valence-corrected chi connectivity index (χ0v) is 23.3. The molecule has 0 radical (unpaired) electrons. The monoisotopic (exact) mass is 638 g/mol. The van der Waals surface area contributed by atoms with Gasteiger partial charge in [-0.3, -0.25) is 4.79 Å². The molecule has 0 saturated carbocycles. The van der Waals surface area contributed by atoms with Crippen molar-refractivity contribution in [3.63, 3.8) is 0 Å². The van der Waals surface area contributed by atoms with E-state index in [1.54, 1.807) is 0 Å². The molecule has 0 aliphatic carbocycles. The quantitative estimate of drug-likeness (QED) is 0.358. The van der Waals surface area contributed by atoms with Gasteiger partial charge in [-0.1, -0.05) is 68.3 Å². The van der Waals surface area contributed by atoms with Crippen molar-refractivity contribution < 1.29 is 22.3 Å². The second-order valence-electron chi connectivity index (χ2n) is 8.44. The number of rotatable bonds is 8. The fourth-order valence-electron chi connectivity index (χ4n) is 4.07. The fourth-order valence-corrected chi connectivity index (χ4v) is 6.46. The number of anilines is 1. The summed E-state index contributed by atoms with van der Waals surface area (Å²) in [6.07, 6.45) is 0.906. The summed E-state index contributed by atoms with van der Waals surface area (Å²) in [5, 5.41) is 2.82. The third kappa shape index (κ3) is 6.41. The van der Waals surface area contributed by atoms with E-state index in [4.69, 9.17) is 4.74 Å². The molecule has 1 N–H and O–H groups in total. The highest BCUT2D eigenvalue weighted by Gasteiger charge is 2.30. The number of nitrogens with one attached hydrogen (secondary N) is 1. The minimum atomic E-state index is -4.06. The Morgan fingerprint density at radius 3 is 2.06 bits per heavy atom. The minimum absolute atomic E-state index is 0.151. The van der Waals surface area contributed by atoms with Gasteiger partial charge in [-0.25, -0.2) is 12.8 Å². The SMILES string of the molecule is O=C(Nc1ccc(F)c(S(=O)(=O)N2CCOCC2)c1)C(Cc1ccccc1Br)Cc1ccccc1Br. The Bertz CT molecular complexity index is 1300. The van der Waals surface area contributed by atoms with E-state index >= 15 is 0 Å². The molecule has 0 bridgehead atoms. The van der Waals surface area contributed by atoms with Crippen LogP contribution in [0.15, 0.2) is 80.6 Å². The van der Waals surface area contributed by atoms with Crippen LogP contribution in [-0.4, -0.2) is 44.9 Å². The number of sulfonamides is 1. The first-order valence-electron chi connectivity index (χ1n) is 11.4. The van der Waals surface area contributed by atoms with Gasteiger partial charge in [0.25, 0.3) is 0 Å². The van der Waals surface area contributed by atoms with Gasteiger partial charge in [0.2, 0.25) is 15.9 Å². The van der Waals surface area contributed by atoms with Crippen molar-refractivity contribution in [1.82, 2.24) is 4.31 Å². The second-order valence-corrected chi connectivity index (χ2v) is 12.1. The topological polar surface area (TPSA) is 75.7 Å². The van der Waals surface area contributed by atoms with Crippen molar-refractivity contribution in [1.29, 1.82) is 0 Å². The van der Waals surface area contributed by atoms with E-state index in [9.17, 15) is 17.6 Å². The molecule has 3 aromatic carbocycles. The number of halogens is 3. The lowest BCUT2D eigenvalue weighted by atomic mass is 9.91. The van der Waals surface area contributed by atoms with Crippen LogP contribution in [0.25, 0.3) is 0 Å². The lowest BCUT2D eigenvalue weighted by Gasteiger charge is -2.26. The van der Waals surface area contributed by atoms with E-state index in [1.807, 2.05) is 48.5 Å². The van der Waals surface area contributed by atoms with Crippen molar-refractivity contribution in [3.8, 4) is 0 Å². The molecule has 1 amide bonds. The number of carbonyl (C=O) groups is 1. The van der Waals surface area contributed by atoms with E-state index in [2.05, 4.69) is 37.2 Å². The summed E-state index contributed by atoms with van der Waals surface area (Å²) in [5.74, 6) is -1.62. The molecule has 1 fully saturated rings. The van der Waals surface area contributed by atoms with Crippen LogP contribution in [0.2, 0.25) is 0 Å². The second kappa shape index (κ2) is 12.0. The van der Waals surface area contributed by atoms with Crippen LogP contribution in [0, 0.1) is 11.7 Å². The molecule has 1 aliphatic heterocycles. The molecule has 10 heteroatoms. The van der Waals surface area contributed by atoms with Crippen molar-refractivity contribution in [3.05, 3.63) is 92.6 Å². The summed E-state index contributed by atoms with van der Waals surface area (Å²) in [6, 6.07) is 19.0. The third-order valence-electron chi connectivity index (χ3n) is 6.01. The maximum atomic E-state index is 14.6. The van der Waals surface area contributed by atoms with E-state index in [0.29, 0.717) is 12.8 Å². The van der Waals surface area contributed by atoms with Gasteiger partial charge in [-0.05, 0) is 54.3 Å². The zero-order chi connectivity index (χ0) is 25.7. The Morgan fingerprint density at radius 2 is 1.50 bits per heavy atom. The van der Waals surface area contributed by atoms with Crippen LogP contribution < -0.4 is 5.32 Å². The summed E-state index contributed by atoms with van der Waals surface area (Å²) in [4.78, 5) is 13.0. The number of hydrogen-bond acceptors (Lipinski definition) is 4. The molecule has 0 spiro atoms. The van der Waals surface area contributed by atoms with Gasteiger partial charge < -0.3 is 10.1 Å². The smallest absolute Gasteiger partial charge is 0.246 e. The van der Waals surface area contributed by atoms with Gasteiger partial charge in [-0.2, -0.15) is 4.31 Å². The molecule has 0 unspecified atom stereocenters. The average molecular weight is 640 g/mol. The highest BCUT2D eigenvalue weighted by atomic mass is 79.9. The molecular formula is C26H25Br2FN2O4S. The molecule has 190 valence electrons. The van der Waals surface area contributed by atoms with Crippen molar-refractivity contribution >= 4 is 53.5 Å². The van der Waals surface area contributed by atoms with Crippen LogP contribution in [0.5, 0.6) is 0 Å². The highest BCUT2D eigenvalue weighted by molar-refractivity contribution is 9.10. The van der Waals surface area contributed by atoms with E-state index < -0.39 is 26.7 Å². The van der Waals surface area contributed by atoms with Crippen molar-refractivity contribution in [2.24, 2.45) is 5.92 Å². The van der Waals surface area contributed by atoms with Gasteiger partial charge in [0.05, 0.1) is 13.2 Å². The van der Waals surface area contributed by atoms with Gasteiger partial charge in [0, 0.05) is 33.6 Å². The number of nitrogens with zero attached hydrogens (tertiary/aromatic N) is 1. The number of amides is 1. The van der Waals surface area contributed by atoms with Gasteiger partial charge in [0.15, 0.2) is 0 Å². The molecule has 0 aromatic heterocycles. The lowest BCUT2D eigenvalue weighted by Crippen LogP contribution is -2.41. The van der Waals surface area contributed by atoms with Crippen LogP contribution in [0.4, 0.5) is 10.1 Å². The number of ether oxygens (including phenoxy) is 1. The Balaban J connectivity index is 1.60. The first kappa shape index (κ1) is 26.9. The molecule has 1 heterocycles. The largest absolute Gasteiger partial charge is 0.379 e. The lowest BCUT2D eigenvalue weighted by molar-refractivity contribution is -0.119. The normalized spacial score (nSPS) is 14.7. The summed E-state index contributed by atoms with van der Waals surface area (Å²) in [7, 11) is -4.06. The molecule has 36 heavy (non-hydrogen) atoms. The van der Waals surface area contributed by atoms with Crippen LogP contribution in [-0.2, 0) is 32.4 Å². The van der Waals surface area contributed by atoms with Crippen molar-refractivity contribution in [2.45, 2.75) is 17.7 Å².